The third kappa shape index (κ3) is 3.37. The molecule has 0 saturated carbocycles. The Balaban J connectivity index is 1.66. The van der Waals surface area contributed by atoms with Crippen molar-refractivity contribution in [3.8, 4) is 0 Å². The van der Waals surface area contributed by atoms with E-state index in [1.54, 1.807) is 23.1 Å². The van der Waals surface area contributed by atoms with E-state index < -0.39 is 12.1 Å². The Labute approximate surface area is 184 Å². The first-order valence-electron chi connectivity index (χ1n) is 10.4. The Hall–Kier alpha value is -4.13. The van der Waals surface area contributed by atoms with Crippen molar-refractivity contribution in [1.29, 1.82) is 0 Å². The van der Waals surface area contributed by atoms with Crippen LogP contribution in [0.2, 0.25) is 0 Å². The summed E-state index contributed by atoms with van der Waals surface area (Å²) in [5, 5.41) is 2.77. The summed E-state index contributed by atoms with van der Waals surface area (Å²) in [7, 11) is 0. The molecule has 2 aromatic carbocycles. The summed E-state index contributed by atoms with van der Waals surface area (Å²) in [6, 6.07) is 16.3. The minimum atomic E-state index is -1.09. The number of rotatable bonds is 4. The number of carbonyl (C=O) groups is 3. The van der Waals surface area contributed by atoms with E-state index >= 15 is 0 Å². The SMILES string of the molecule is CC(=O)c1cc2c3c(c1)C(c1ccccc1)=NC(NC(=O)c1ccncc1)C(=O)N3CC2. The van der Waals surface area contributed by atoms with E-state index in [2.05, 4.69) is 10.3 Å². The van der Waals surface area contributed by atoms with Gasteiger partial charge in [-0.15, -0.1) is 0 Å². The zero-order valence-electron chi connectivity index (χ0n) is 17.4. The Morgan fingerprint density at radius 1 is 1.03 bits per heavy atom. The molecule has 3 aromatic rings. The van der Waals surface area contributed by atoms with Gasteiger partial charge in [-0.3, -0.25) is 19.4 Å². The number of hydrogen-bond donors (Lipinski definition) is 1. The van der Waals surface area contributed by atoms with Crippen molar-refractivity contribution in [2.24, 2.45) is 4.99 Å². The average Bonchev–Trinajstić information content (AvgIpc) is 3.21. The van der Waals surface area contributed by atoms with Gasteiger partial charge in [0.05, 0.1) is 11.4 Å². The molecule has 5 rings (SSSR count). The Bertz CT molecular complexity index is 1270. The smallest absolute Gasteiger partial charge is 0.272 e. The van der Waals surface area contributed by atoms with Gasteiger partial charge in [-0.2, -0.15) is 0 Å². The van der Waals surface area contributed by atoms with Gasteiger partial charge in [-0.25, -0.2) is 4.99 Å². The predicted molar refractivity (Wildman–Crippen MR) is 120 cm³/mol. The second-order valence-electron chi connectivity index (χ2n) is 7.78. The van der Waals surface area contributed by atoms with E-state index in [4.69, 9.17) is 4.99 Å². The number of ketones is 1. The highest BCUT2D eigenvalue weighted by Crippen LogP contribution is 2.37. The lowest BCUT2D eigenvalue weighted by atomic mass is 9.94. The first kappa shape index (κ1) is 19.8. The quantitative estimate of drug-likeness (QED) is 0.652. The van der Waals surface area contributed by atoms with Crippen LogP contribution in [0.15, 0.2) is 72.0 Å². The number of pyridine rings is 1. The number of nitrogens with zero attached hydrogens (tertiary/aromatic N) is 3. The highest BCUT2D eigenvalue weighted by Gasteiger charge is 2.37. The van der Waals surface area contributed by atoms with Gasteiger partial charge in [-0.05, 0) is 43.2 Å². The van der Waals surface area contributed by atoms with Gasteiger partial charge in [0.1, 0.15) is 0 Å². The highest BCUT2D eigenvalue weighted by molar-refractivity contribution is 6.22. The number of carbonyl (C=O) groups excluding carboxylic acids is 3. The minimum absolute atomic E-state index is 0.0481. The Kier molecular flexibility index (Phi) is 4.86. The molecule has 2 aliphatic rings. The summed E-state index contributed by atoms with van der Waals surface area (Å²) in [5.41, 5.74) is 4.78. The van der Waals surface area contributed by atoms with Gasteiger partial charge in [0.2, 0.25) is 6.17 Å². The largest absolute Gasteiger partial charge is 0.322 e. The molecule has 0 aliphatic carbocycles. The normalized spacial score (nSPS) is 16.8. The van der Waals surface area contributed by atoms with E-state index in [1.165, 1.54) is 19.3 Å². The van der Waals surface area contributed by atoms with Crippen LogP contribution >= 0.6 is 0 Å². The molecule has 0 fully saturated rings. The van der Waals surface area contributed by atoms with Gasteiger partial charge in [0.15, 0.2) is 5.78 Å². The highest BCUT2D eigenvalue weighted by atomic mass is 16.2. The molecule has 1 aromatic heterocycles. The van der Waals surface area contributed by atoms with E-state index in [0.717, 1.165) is 22.4 Å². The third-order valence-corrected chi connectivity index (χ3v) is 5.74. The maximum Gasteiger partial charge on any atom is 0.272 e. The molecule has 32 heavy (non-hydrogen) atoms. The fraction of sp³-hybridized carbons (Fsp3) is 0.160. The third-order valence-electron chi connectivity index (χ3n) is 5.74. The summed E-state index contributed by atoms with van der Waals surface area (Å²) in [5.74, 6) is -0.751. The number of hydrogen-bond acceptors (Lipinski definition) is 5. The monoisotopic (exact) mass is 424 g/mol. The molecule has 0 bridgehead atoms. The van der Waals surface area contributed by atoms with Gasteiger partial charge < -0.3 is 10.2 Å². The van der Waals surface area contributed by atoms with Crippen LogP contribution in [0.25, 0.3) is 0 Å². The number of aromatic nitrogens is 1. The number of nitrogens with one attached hydrogen (secondary N) is 1. The topological polar surface area (TPSA) is 91.7 Å². The van der Waals surface area contributed by atoms with Crippen molar-refractivity contribution < 1.29 is 14.4 Å². The van der Waals surface area contributed by atoms with Crippen molar-refractivity contribution in [1.82, 2.24) is 10.3 Å². The van der Waals surface area contributed by atoms with Gasteiger partial charge in [0.25, 0.3) is 11.8 Å². The van der Waals surface area contributed by atoms with E-state index in [-0.39, 0.29) is 11.7 Å². The standard InChI is InChI=1S/C25H20N4O3/c1-15(30)19-13-18-9-12-29-22(18)20(14-19)21(16-5-3-2-4-6-16)27-23(25(29)32)28-24(31)17-7-10-26-11-8-17/h2-8,10-11,13-14,23H,9,12H2,1H3,(H,28,31). The van der Waals surface area contributed by atoms with Crippen LogP contribution in [0.5, 0.6) is 0 Å². The van der Waals surface area contributed by atoms with Crippen LogP contribution in [0.1, 0.15) is 44.3 Å². The van der Waals surface area contributed by atoms with Gasteiger partial charge in [-0.1, -0.05) is 30.3 Å². The maximum absolute atomic E-state index is 13.5. The number of benzene rings is 2. The van der Waals surface area contributed by atoms with Crippen LogP contribution < -0.4 is 10.2 Å². The van der Waals surface area contributed by atoms with Crippen molar-refractivity contribution in [2.45, 2.75) is 19.5 Å². The van der Waals surface area contributed by atoms with E-state index in [9.17, 15) is 14.4 Å². The molecule has 0 saturated heterocycles. The molecule has 7 nitrogen and oxygen atoms in total. The molecule has 7 heteroatoms. The zero-order chi connectivity index (χ0) is 22.2. The van der Waals surface area contributed by atoms with Crippen LogP contribution in [0, 0.1) is 0 Å². The molecule has 1 unspecified atom stereocenters. The predicted octanol–water partition coefficient (Wildman–Crippen LogP) is 2.78. The molecule has 1 atom stereocenters. The first-order valence-corrected chi connectivity index (χ1v) is 10.4. The molecule has 0 radical (unpaired) electrons. The van der Waals surface area contributed by atoms with Gasteiger partial charge in [0, 0.05) is 41.2 Å². The summed E-state index contributed by atoms with van der Waals surface area (Å²) >= 11 is 0. The second kappa shape index (κ2) is 7.85. The summed E-state index contributed by atoms with van der Waals surface area (Å²) in [4.78, 5) is 48.8. The lowest BCUT2D eigenvalue weighted by Gasteiger charge is -2.21. The fourth-order valence-electron chi connectivity index (χ4n) is 4.18. The zero-order valence-corrected chi connectivity index (χ0v) is 17.4. The molecule has 2 aliphatic heterocycles. The number of Topliss-reactive ketones (excluding diaryl/α,β-unsaturated/α-hetero) is 1. The molecule has 1 N–H and O–H groups in total. The van der Waals surface area contributed by atoms with Crippen LogP contribution in [-0.4, -0.2) is 41.0 Å². The van der Waals surface area contributed by atoms with Crippen molar-refractivity contribution in [3.05, 3.63) is 94.8 Å². The fourth-order valence-corrected chi connectivity index (χ4v) is 4.18. The molecule has 3 heterocycles. The molecular weight excluding hydrogens is 404 g/mol. The van der Waals surface area contributed by atoms with Crippen LogP contribution in [-0.2, 0) is 11.2 Å². The van der Waals surface area contributed by atoms with Crippen molar-refractivity contribution >= 4 is 29.0 Å². The summed E-state index contributed by atoms with van der Waals surface area (Å²) in [6.45, 7) is 2.00. The number of anilines is 1. The second-order valence-corrected chi connectivity index (χ2v) is 7.78. The first-order chi connectivity index (χ1) is 15.5. The van der Waals surface area contributed by atoms with E-state index in [1.807, 2.05) is 36.4 Å². The molecule has 0 spiro atoms. The Morgan fingerprint density at radius 2 is 1.78 bits per heavy atom. The summed E-state index contributed by atoms with van der Waals surface area (Å²) in [6.07, 6.45) is 2.59. The molecule has 158 valence electrons. The minimum Gasteiger partial charge on any atom is -0.322 e. The number of aliphatic imine (C=N–C) groups is 1. The molecular formula is C25H20N4O3. The van der Waals surface area contributed by atoms with Crippen molar-refractivity contribution in [2.75, 3.05) is 11.4 Å². The average molecular weight is 424 g/mol. The maximum atomic E-state index is 13.5. The van der Waals surface area contributed by atoms with E-state index in [0.29, 0.717) is 29.8 Å². The van der Waals surface area contributed by atoms with Gasteiger partial charge >= 0.3 is 0 Å². The summed E-state index contributed by atoms with van der Waals surface area (Å²) < 4.78 is 0. The van der Waals surface area contributed by atoms with Crippen LogP contribution in [0.4, 0.5) is 5.69 Å². The van der Waals surface area contributed by atoms with Crippen LogP contribution in [0.3, 0.4) is 0 Å². The number of amides is 2. The Morgan fingerprint density at radius 3 is 2.50 bits per heavy atom. The lowest BCUT2D eigenvalue weighted by Crippen LogP contribution is -2.46. The lowest BCUT2D eigenvalue weighted by molar-refractivity contribution is -0.120. The molecule has 2 amide bonds. The van der Waals surface area contributed by atoms with Crippen molar-refractivity contribution in [3.63, 3.8) is 0 Å².